The van der Waals surface area contributed by atoms with E-state index in [2.05, 4.69) is 15.3 Å². The van der Waals surface area contributed by atoms with Crippen molar-refractivity contribution in [3.8, 4) is 0 Å². The van der Waals surface area contributed by atoms with Crippen LogP contribution in [-0.2, 0) is 4.74 Å². The van der Waals surface area contributed by atoms with Gasteiger partial charge in [0.25, 0.3) is 5.91 Å². The van der Waals surface area contributed by atoms with Crippen LogP contribution in [0.4, 0.5) is 16.0 Å². The Morgan fingerprint density at radius 3 is 2.65 bits per heavy atom. The lowest BCUT2D eigenvalue weighted by Crippen LogP contribution is -2.37. The van der Waals surface area contributed by atoms with Gasteiger partial charge in [0, 0.05) is 18.8 Å². The van der Waals surface area contributed by atoms with Crippen molar-refractivity contribution in [3.05, 3.63) is 47.0 Å². The number of amides is 1. The molecule has 0 spiro atoms. The van der Waals surface area contributed by atoms with Gasteiger partial charge in [0.1, 0.15) is 5.82 Å². The van der Waals surface area contributed by atoms with Crippen LogP contribution in [0.3, 0.4) is 0 Å². The van der Waals surface area contributed by atoms with Gasteiger partial charge in [-0.2, -0.15) is 0 Å². The van der Waals surface area contributed by atoms with E-state index in [0.717, 1.165) is 0 Å². The van der Waals surface area contributed by atoms with Gasteiger partial charge in [-0.3, -0.25) is 4.79 Å². The number of benzene rings is 1. The van der Waals surface area contributed by atoms with E-state index in [1.807, 2.05) is 4.90 Å². The van der Waals surface area contributed by atoms with Gasteiger partial charge in [0.2, 0.25) is 5.95 Å². The van der Waals surface area contributed by atoms with E-state index in [0.29, 0.717) is 37.9 Å². The van der Waals surface area contributed by atoms with E-state index in [9.17, 15) is 9.18 Å². The van der Waals surface area contributed by atoms with Gasteiger partial charge in [-0.15, -0.1) is 0 Å². The van der Waals surface area contributed by atoms with Crippen molar-refractivity contribution in [2.24, 2.45) is 0 Å². The highest BCUT2D eigenvalue weighted by Gasteiger charge is 2.19. The van der Waals surface area contributed by atoms with E-state index in [4.69, 9.17) is 16.3 Å². The molecule has 0 aliphatic carbocycles. The quantitative estimate of drug-likeness (QED) is 0.932. The molecule has 1 N–H and O–H groups in total. The van der Waals surface area contributed by atoms with E-state index < -0.39 is 5.91 Å². The monoisotopic (exact) mass is 336 g/mol. The van der Waals surface area contributed by atoms with Crippen molar-refractivity contribution < 1.29 is 13.9 Å². The lowest BCUT2D eigenvalue weighted by Gasteiger charge is -2.26. The zero-order valence-electron chi connectivity index (χ0n) is 12.1. The number of rotatable bonds is 3. The topological polar surface area (TPSA) is 67.4 Å². The number of nitrogens with zero attached hydrogens (tertiary/aromatic N) is 3. The van der Waals surface area contributed by atoms with Crippen LogP contribution >= 0.6 is 11.6 Å². The maximum atomic E-state index is 12.9. The summed E-state index contributed by atoms with van der Waals surface area (Å²) < 4.78 is 18.2. The minimum absolute atomic E-state index is 0.0764. The summed E-state index contributed by atoms with van der Waals surface area (Å²) in [7, 11) is 0. The van der Waals surface area contributed by atoms with Crippen molar-refractivity contribution >= 4 is 29.1 Å². The van der Waals surface area contributed by atoms with Crippen LogP contribution in [0.15, 0.2) is 30.5 Å². The average Bonchev–Trinajstić information content (AvgIpc) is 2.58. The van der Waals surface area contributed by atoms with Gasteiger partial charge in [0.05, 0.1) is 24.4 Å². The Morgan fingerprint density at radius 1 is 1.26 bits per heavy atom. The number of morpholine rings is 1. The van der Waals surface area contributed by atoms with Gasteiger partial charge in [0.15, 0.2) is 5.69 Å². The van der Waals surface area contributed by atoms with Crippen molar-refractivity contribution in [2.75, 3.05) is 36.5 Å². The normalized spacial score (nSPS) is 14.6. The molecule has 6 nitrogen and oxygen atoms in total. The number of nitrogens with one attached hydrogen (secondary N) is 1. The van der Waals surface area contributed by atoms with Gasteiger partial charge >= 0.3 is 0 Å². The molecule has 1 saturated heterocycles. The van der Waals surface area contributed by atoms with E-state index in [-0.39, 0.29) is 16.5 Å². The Morgan fingerprint density at radius 2 is 1.96 bits per heavy atom. The lowest BCUT2D eigenvalue weighted by atomic mass is 10.3. The molecule has 1 fully saturated rings. The molecule has 1 aromatic carbocycles. The van der Waals surface area contributed by atoms with E-state index in [1.54, 1.807) is 0 Å². The molecule has 0 unspecified atom stereocenters. The van der Waals surface area contributed by atoms with Crippen LogP contribution in [0.1, 0.15) is 10.5 Å². The van der Waals surface area contributed by atoms with Gasteiger partial charge < -0.3 is 15.0 Å². The van der Waals surface area contributed by atoms with Gasteiger partial charge in [-0.05, 0) is 24.3 Å². The summed E-state index contributed by atoms with van der Waals surface area (Å²) in [5.74, 6) is -0.418. The maximum absolute atomic E-state index is 12.9. The third kappa shape index (κ3) is 3.75. The number of carbonyl (C=O) groups excluding carboxylic acids is 1. The number of aromatic nitrogens is 2. The molecule has 0 radical (unpaired) electrons. The first-order chi connectivity index (χ1) is 11.1. The highest BCUT2D eigenvalue weighted by atomic mass is 35.5. The molecule has 3 rings (SSSR count). The van der Waals surface area contributed by atoms with Gasteiger partial charge in [-0.1, -0.05) is 11.6 Å². The minimum atomic E-state index is -0.474. The summed E-state index contributed by atoms with van der Waals surface area (Å²) in [5.41, 5.74) is 0.534. The summed E-state index contributed by atoms with van der Waals surface area (Å²) in [6, 6.07) is 5.45. The molecular formula is C15H14ClFN4O2. The van der Waals surface area contributed by atoms with Gasteiger partial charge in [-0.25, -0.2) is 14.4 Å². The van der Waals surface area contributed by atoms with E-state index >= 15 is 0 Å². The zero-order valence-corrected chi connectivity index (χ0v) is 12.9. The van der Waals surface area contributed by atoms with Crippen LogP contribution in [0, 0.1) is 5.82 Å². The molecule has 1 aliphatic heterocycles. The Hall–Kier alpha value is -2.25. The minimum Gasteiger partial charge on any atom is -0.378 e. The fraction of sp³-hybridized carbons (Fsp3) is 0.267. The Labute approximate surface area is 137 Å². The van der Waals surface area contributed by atoms with Crippen LogP contribution in [0.2, 0.25) is 5.02 Å². The molecule has 1 amide bonds. The van der Waals surface area contributed by atoms with Crippen LogP contribution in [-0.4, -0.2) is 42.2 Å². The van der Waals surface area contributed by atoms with Crippen LogP contribution in [0.25, 0.3) is 0 Å². The first-order valence-corrected chi connectivity index (χ1v) is 7.43. The molecule has 0 atom stereocenters. The Balaban J connectivity index is 1.80. The number of anilines is 2. The third-order valence-electron chi connectivity index (χ3n) is 3.34. The lowest BCUT2D eigenvalue weighted by molar-refractivity contribution is 0.102. The predicted octanol–water partition coefficient (Wildman–Crippen LogP) is 2.36. The Bertz CT molecular complexity index is 705. The summed E-state index contributed by atoms with van der Waals surface area (Å²) in [6.45, 7) is 2.48. The summed E-state index contributed by atoms with van der Waals surface area (Å²) >= 11 is 6.03. The molecule has 0 saturated carbocycles. The zero-order chi connectivity index (χ0) is 16.2. The molecule has 2 heterocycles. The Kier molecular flexibility index (Phi) is 4.68. The summed E-state index contributed by atoms with van der Waals surface area (Å²) in [5, 5.41) is 2.79. The second-order valence-corrected chi connectivity index (χ2v) is 5.33. The number of ether oxygens (including phenoxy) is 1. The van der Waals surface area contributed by atoms with Crippen LogP contribution < -0.4 is 10.2 Å². The molecule has 8 heteroatoms. The second kappa shape index (κ2) is 6.89. The fourth-order valence-electron chi connectivity index (χ4n) is 2.16. The number of carbonyl (C=O) groups is 1. The molecule has 2 aromatic rings. The molecular weight excluding hydrogens is 323 g/mol. The molecule has 23 heavy (non-hydrogen) atoms. The number of hydrogen-bond donors (Lipinski definition) is 1. The van der Waals surface area contributed by atoms with Crippen LogP contribution in [0.5, 0.6) is 0 Å². The SMILES string of the molecule is O=C(Nc1ccc(F)cc1)c1nc(N2CCOCC2)ncc1Cl. The third-order valence-corrected chi connectivity index (χ3v) is 3.62. The summed E-state index contributed by atoms with van der Waals surface area (Å²) in [6.07, 6.45) is 1.40. The molecule has 120 valence electrons. The average molecular weight is 337 g/mol. The maximum Gasteiger partial charge on any atom is 0.276 e. The van der Waals surface area contributed by atoms with Crippen molar-refractivity contribution in [1.82, 2.24) is 9.97 Å². The summed E-state index contributed by atoms with van der Waals surface area (Å²) in [4.78, 5) is 22.7. The van der Waals surface area contributed by atoms with Crippen molar-refractivity contribution in [2.45, 2.75) is 0 Å². The van der Waals surface area contributed by atoms with Crippen molar-refractivity contribution in [3.63, 3.8) is 0 Å². The molecule has 1 aliphatic rings. The number of halogens is 2. The highest BCUT2D eigenvalue weighted by molar-refractivity contribution is 6.34. The molecule has 0 bridgehead atoms. The second-order valence-electron chi connectivity index (χ2n) is 4.93. The van der Waals surface area contributed by atoms with Crippen molar-refractivity contribution in [1.29, 1.82) is 0 Å². The molecule has 1 aromatic heterocycles. The predicted molar refractivity (Wildman–Crippen MR) is 84.4 cm³/mol. The smallest absolute Gasteiger partial charge is 0.276 e. The highest BCUT2D eigenvalue weighted by Crippen LogP contribution is 2.19. The largest absolute Gasteiger partial charge is 0.378 e. The fourth-order valence-corrected chi connectivity index (χ4v) is 2.33. The number of hydrogen-bond acceptors (Lipinski definition) is 5. The standard InChI is InChI=1S/C15H14ClFN4O2/c16-12-9-18-15(21-5-7-23-8-6-21)20-13(12)14(22)19-11-3-1-10(17)2-4-11/h1-4,9H,5-8H2,(H,19,22). The first kappa shape index (κ1) is 15.6. The first-order valence-electron chi connectivity index (χ1n) is 7.05. The van der Waals surface area contributed by atoms with E-state index in [1.165, 1.54) is 30.5 Å².